The number of amides is 3. The Bertz CT molecular complexity index is 1570. The molecule has 43 heavy (non-hydrogen) atoms. The second-order valence-electron chi connectivity index (χ2n) is 9.69. The lowest BCUT2D eigenvalue weighted by Gasteiger charge is -2.35. The first-order valence-corrected chi connectivity index (χ1v) is 13.6. The van der Waals surface area contributed by atoms with Gasteiger partial charge >= 0.3 is 0 Å². The zero-order valence-corrected chi connectivity index (χ0v) is 23.5. The predicted octanol–water partition coefficient (Wildman–Crippen LogP) is 3.93. The third-order valence-electron chi connectivity index (χ3n) is 6.88. The molecule has 1 fully saturated rings. The SMILES string of the molecule is CCC(F)(F)CCNC(=O)[C@H](c1ccccc1Cl)N(C(=O)[C@@H]1C[C@H](O)C(=O)N1c1nccc(C#N)n1)c1cccc(F)c1. The Morgan fingerprint density at radius 3 is 2.67 bits per heavy atom. The molecule has 2 aromatic carbocycles. The van der Waals surface area contributed by atoms with Crippen LogP contribution in [0.4, 0.5) is 24.8 Å². The van der Waals surface area contributed by atoms with E-state index < -0.39 is 73.5 Å². The van der Waals surface area contributed by atoms with E-state index in [2.05, 4.69) is 15.3 Å². The van der Waals surface area contributed by atoms with Gasteiger partial charge in [-0.3, -0.25) is 24.2 Å². The van der Waals surface area contributed by atoms with E-state index in [4.69, 9.17) is 11.6 Å². The number of nitrogens with one attached hydrogen (secondary N) is 1. The van der Waals surface area contributed by atoms with E-state index in [1.807, 2.05) is 0 Å². The number of alkyl halides is 2. The molecule has 0 radical (unpaired) electrons. The summed E-state index contributed by atoms with van der Waals surface area (Å²) in [7, 11) is 0. The van der Waals surface area contributed by atoms with Crippen molar-refractivity contribution in [2.75, 3.05) is 16.3 Å². The highest BCUT2D eigenvalue weighted by atomic mass is 35.5. The Morgan fingerprint density at radius 1 is 1.26 bits per heavy atom. The summed E-state index contributed by atoms with van der Waals surface area (Å²) in [6.45, 7) is 0.852. The molecule has 1 aliphatic rings. The highest BCUT2D eigenvalue weighted by Gasteiger charge is 2.48. The van der Waals surface area contributed by atoms with Gasteiger partial charge in [0.1, 0.15) is 35.8 Å². The van der Waals surface area contributed by atoms with E-state index >= 15 is 0 Å². The predicted molar refractivity (Wildman–Crippen MR) is 150 cm³/mol. The molecule has 224 valence electrons. The number of nitrogens with zero attached hydrogens (tertiary/aromatic N) is 5. The molecule has 0 aliphatic carbocycles. The summed E-state index contributed by atoms with van der Waals surface area (Å²) in [5.74, 6) is -6.96. The summed E-state index contributed by atoms with van der Waals surface area (Å²) in [6.07, 6.45) is -2.06. The Morgan fingerprint density at radius 2 is 2.00 bits per heavy atom. The molecular formula is C29H26ClF3N6O4. The molecule has 0 bridgehead atoms. The Kier molecular flexibility index (Phi) is 9.63. The van der Waals surface area contributed by atoms with Gasteiger partial charge in [-0.2, -0.15) is 5.26 Å². The van der Waals surface area contributed by atoms with Crippen molar-refractivity contribution in [3.8, 4) is 6.07 Å². The van der Waals surface area contributed by atoms with Crippen molar-refractivity contribution in [2.24, 2.45) is 0 Å². The second kappa shape index (κ2) is 13.2. The Hall–Kier alpha value is -4.54. The maximum absolute atomic E-state index is 14.5. The lowest BCUT2D eigenvalue weighted by molar-refractivity contribution is -0.127. The summed E-state index contributed by atoms with van der Waals surface area (Å²) in [4.78, 5) is 50.9. The Labute approximate surface area is 249 Å². The monoisotopic (exact) mass is 614 g/mol. The van der Waals surface area contributed by atoms with Gasteiger partial charge in [0.15, 0.2) is 0 Å². The van der Waals surface area contributed by atoms with Crippen LogP contribution in [-0.4, -0.2) is 57.4 Å². The lowest BCUT2D eigenvalue weighted by atomic mass is 10.0. The number of anilines is 2. The highest BCUT2D eigenvalue weighted by molar-refractivity contribution is 6.31. The van der Waals surface area contributed by atoms with Crippen molar-refractivity contribution in [2.45, 2.75) is 50.3 Å². The number of aliphatic hydroxyl groups excluding tert-OH is 1. The molecular weight excluding hydrogens is 589 g/mol. The van der Waals surface area contributed by atoms with Crippen LogP contribution < -0.4 is 15.1 Å². The number of aliphatic hydroxyl groups is 1. The molecule has 10 nitrogen and oxygen atoms in total. The van der Waals surface area contributed by atoms with Crippen LogP contribution >= 0.6 is 11.6 Å². The fourth-order valence-corrected chi connectivity index (χ4v) is 4.87. The van der Waals surface area contributed by atoms with Crippen molar-refractivity contribution in [1.29, 1.82) is 5.26 Å². The first-order valence-electron chi connectivity index (χ1n) is 13.2. The second-order valence-corrected chi connectivity index (χ2v) is 10.1. The third-order valence-corrected chi connectivity index (χ3v) is 7.22. The molecule has 1 aromatic heterocycles. The van der Waals surface area contributed by atoms with E-state index in [0.717, 1.165) is 21.9 Å². The molecule has 0 spiro atoms. The maximum Gasteiger partial charge on any atom is 0.259 e. The molecule has 0 unspecified atom stereocenters. The van der Waals surface area contributed by atoms with Gasteiger partial charge in [0.25, 0.3) is 11.8 Å². The van der Waals surface area contributed by atoms with Crippen molar-refractivity contribution in [1.82, 2.24) is 15.3 Å². The molecule has 2 heterocycles. The van der Waals surface area contributed by atoms with Gasteiger partial charge in [-0.25, -0.2) is 23.1 Å². The van der Waals surface area contributed by atoms with E-state index in [0.29, 0.717) is 0 Å². The number of nitriles is 1. The minimum absolute atomic E-state index is 0.0418. The van der Waals surface area contributed by atoms with Gasteiger partial charge in [-0.15, -0.1) is 0 Å². The molecule has 3 atom stereocenters. The quantitative estimate of drug-likeness (QED) is 0.353. The topological polar surface area (TPSA) is 140 Å². The first-order chi connectivity index (χ1) is 20.5. The lowest BCUT2D eigenvalue weighted by Crippen LogP contribution is -2.52. The van der Waals surface area contributed by atoms with E-state index in [-0.39, 0.29) is 27.9 Å². The van der Waals surface area contributed by atoms with Crippen molar-refractivity contribution in [3.05, 3.63) is 82.9 Å². The summed E-state index contributed by atoms with van der Waals surface area (Å²) in [5, 5.41) is 22.2. The van der Waals surface area contributed by atoms with Crippen LogP contribution in [0.3, 0.4) is 0 Å². The van der Waals surface area contributed by atoms with Crippen molar-refractivity contribution < 1.29 is 32.7 Å². The highest BCUT2D eigenvalue weighted by Crippen LogP contribution is 2.36. The smallest absolute Gasteiger partial charge is 0.259 e. The summed E-state index contributed by atoms with van der Waals surface area (Å²) >= 11 is 6.46. The third kappa shape index (κ3) is 6.93. The van der Waals surface area contributed by atoms with E-state index in [1.165, 1.54) is 49.5 Å². The number of carbonyl (C=O) groups excluding carboxylic acids is 3. The van der Waals surface area contributed by atoms with Gasteiger partial charge in [0, 0.05) is 48.3 Å². The molecule has 2 N–H and O–H groups in total. The van der Waals surface area contributed by atoms with Gasteiger partial charge in [-0.1, -0.05) is 42.8 Å². The van der Waals surface area contributed by atoms with Gasteiger partial charge in [-0.05, 0) is 30.3 Å². The fraction of sp³-hybridized carbons (Fsp3) is 0.310. The summed E-state index contributed by atoms with van der Waals surface area (Å²) in [6, 6.07) is 10.7. The first kappa shape index (κ1) is 31.4. The number of halogens is 4. The standard InChI is InChI=1S/C29H26ClF3N6O4/c1-2-29(32,33)11-13-35-25(41)24(20-8-3-4-9-21(20)30)38(19-7-5-6-17(31)14-19)26(42)22-15-23(40)27(43)39(22)28-36-12-10-18(16-34)37-28/h3-10,12,14,22-24,40H,2,11,13,15H2,1H3,(H,35,41)/t22-,23-,24-/m0/s1. The molecule has 4 rings (SSSR count). The molecule has 3 aromatic rings. The molecule has 3 amide bonds. The molecule has 0 saturated carbocycles. The van der Waals surface area contributed by atoms with Gasteiger partial charge in [0.05, 0.1) is 0 Å². The zero-order chi connectivity index (χ0) is 31.3. The van der Waals surface area contributed by atoms with Crippen LogP contribution in [0.1, 0.15) is 43.5 Å². The number of carbonyl (C=O) groups is 3. The number of hydrogen-bond donors (Lipinski definition) is 2. The van der Waals surface area contributed by atoms with E-state index in [1.54, 1.807) is 12.1 Å². The minimum Gasteiger partial charge on any atom is -0.383 e. The van der Waals surface area contributed by atoms with Crippen LogP contribution in [-0.2, 0) is 14.4 Å². The average molecular weight is 615 g/mol. The van der Waals surface area contributed by atoms with Crippen LogP contribution in [0.2, 0.25) is 5.02 Å². The normalized spacial score (nSPS) is 17.3. The number of benzene rings is 2. The minimum atomic E-state index is -3.05. The van der Waals surface area contributed by atoms with Crippen LogP contribution in [0.25, 0.3) is 0 Å². The Balaban J connectivity index is 1.84. The maximum atomic E-state index is 14.5. The number of hydrogen-bond acceptors (Lipinski definition) is 7. The van der Waals surface area contributed by atoms with Crippen LogP contribution in [0.15, 0.2) is 60.8 Å². The van der Waals surface area contributed by atoms with Gasteiger partial charge < -0.3 is 10.4 Å². The largest absolute Gasteiger partial charge is 0.383 e. The fourth-order valence-electron chi connectivity index (χ4n) is 4.63. The summed E-state index contributed by atoms with van der Waals surface area (Å²) < 4.78 is 42.4. The molecule has 1 saturated heterocycles. The van der Waals surface area contributed by atoms with Crippen molar-refractivity contribution in [3.63, 3.8) is 0 Å². The molecule has 14 heteroatoms. The van der Waals surface area contributed by atoms with Crippen LogP contribution in [0.5, 0.6) is 0 Å². The average Bonchev–Trinajstić information content (AvgIpc) is 3.29. The summed E-state index contributed by atoms with van der Waals surface area (Å²) in [5.41, 5.74) is -0.158. The van der Waals surface area contributed by atoms with Crippen LogP contribution in [0, 0.1) is 17.1 Å². The van der Waals surface area contributed by atoms with Crippen molar-refractivity contribution >= 4 is 41.0 Å². The number of aromatic nitrogens is 2. The molecule has 1 aliphatic heterocycles. The zero-order valence-electron chi connectivity index (χ0n) is 22.8. The van der Waals surface area contributed by atoms with Gasteiger partial charge in [0.2, 0.25) is 17.8 Å². The van der Waals surface area contributed by atoms with E-state index in [9.17, 15) is 37.9 Å². The number of rotatable bonds is 10.